The number of nitrogens with zero attached hydrogens (tertiary/aromatic N) is 2. The normalized spacial score (nSPS) is 34.4. The molecule has 50 heavy (non-hydrogen) atoms. The molecule has 0 bridgehead atoms. The lowest BCUT2D eigenvalue weighted by molar-refractivity contribution is -0.199. The van der Waals surface area contributed by atoms with E-state index in [-0.39, 0.29) is 63.4 Å². The Labute approximate surface area is 304 Å². The zero-order valence-corrected chi connectivity index (χ0v) is 33.8. The Morgan fingerprint density at radius 3 is 1.40 bits per heavy atom. The first-order valence-corrected chi connectivity index (χ1v) is 19.4. The molecule has 0 aromatic heterocycles. The van der Waals surface area contributed by atoms with Gasteiger partial charge in [0.1, 0.15) is 0 Å². The molecule has 4 rings (SSSR count). The van der Waals surface area contributed by atoms with E-state index >= 15 is 0 Å². The predicted molar refractivity (Wildman–Crippen MR) is 195 cm³/mol. The largest absolute Gasteiger partial charge is 0.379 e. The lowest BCUT2D eigenvalue weighted by atomic mass is 9.88. The molecule has 0 aromatic rings. The molecule has 4 aliphatic rings. The molecule has 0 aromatic carbocycles. The van der Waals surface area contributed by atoms with Crippen molar-refractivity contribution in [2.75, 3.05) is 59.5 Å². The Bertz CT molecular complexity index is 1070. The molecule has 0 spiro atoms. The number of ether oxygens (including phenoxy) is 6. The zero-order valence-electron chi connectivity index (χ0n) is 33.8. The van der Waals surface area contributed by atoms with Gasteiger partial charge in [0, 0.05) is 57.4 Å². The summed E-state index contributed by atoms with van der Waals surface area (Å²) in [5, 5.41) is 28.0. The number of hydroxylamine groups is 4. The Morgan fingerprint density at radius 2 is 0.980 bits per heavy atom. The first kappa shape index (κ1) is 42.3. The van der Waals surface area contributed by atoms with Crippen LogP contribution in [0.1, 0.15) is 122 Å². The lowest BCUT2D eigenvalue weighted by Gasteiger charge is -2.36. The Balaban J connectivity index is 1.20. The van der Waals surface area contributed by atoms with Crippen LogP contribution in [0.4, 0.5) is 0 Å². The van der Waals surface area contributed by atoms with Crippen LogP contribution in [0.2, 0.25) is 0 Å². The number of rotatable bonds is 18. The predicted octanol–water partition coefficient (Wildman–Crippen LogP) is 6.08. The van der Waals surface area contributed by atoms with Crippen molar-refractivity contribution in [3.05, 3.63) is 0 Å². The molecule has 3 saturated heterocycles. The standard InChI is InChI=1S/C39H75N3O8/c1-34(2)22-28(37(7,8)40-34)25-45-17-20-50-33-21-31(48-18-15-46-26-29-23-35(3,4)41(43)38(29,9)10)13-14-32(33)49-19-16-47-27-30-24-36(5,6)42(44)39(30,11)12/h28-33,40,43-44H,13-27H2,1-12H3. The highest BCUT2D eigenvalue weighted by Gasteiger charge is 2.52. The van der Waals surface area contributed by atoms with E-state index in [1.54, 1.807) is 0 Å². The van der Waals surface area contributed by atoms with Gasteiger partial charge in [0.05, 0.1) is 77.8 Å². The maximum absolute atomic E-state index is 10.7. The number of hydrogen-bond acceptors (Lipinski definition) is 11. The van der Waals surface area contributed by atoms with E-state index in [0.717, 1.165) is 45.1 Å². The summed E-state index contributed by atoms with van der Waals surface area (Å²) < 4.78 is 37.5. The molecule has 11 heteroatoms. The van der Waals surface area contributed by atoms with Gasteiger partial charge >= 0.3 is 0 Å². The van der Waals surface area contributed by atoms with Gasteiger partial charge in [-0.2, -0.15) is 10.1 Å². The van der Waals surface area contributed by atoms with Crippen LogP contribution in [0.25, 0.3) is 0 Å². The van der Waals surface area contributed by atoms with E-state index in [1.807, 2.05) is 0 Å². The zero-order chi connectivity index (χ0) is 37.2. The Hall–Kier alpha value is -0.440. The van der Waals surface area contributed by atoms with Gasteiger partial charge in [-0.1, -0.05) is 0 Å². The molecule has 3 aliphatic heterocycles. The van der Waals surface area contributed by atoms with Crippen molar-refractivity contribution in [1.82, 2.24) is 15.4 Å². The number of hydrogen-bond donors (Lipinski definition) is 3. The van der Waals surface area contributed by atoms with Crippen molar-refractivity contribution in [2.24, 2.45) is 17.8 Å². The van der Waals surface area contributed by atoms with Gasteiger partial charge in [-0.25, -0.2) is 0 Å². The molecular formula is C39H75N3O8. The molecule has 6 unspecified atom stereocenters. The fourth-order valence-electron chi connectivity index (χ4n) is 9.52. The third kappa shape index (κ3) is 10.4. The molecule has 294 valence electrons. The summed E-state index contributed by atoms with van der Waals surface area (Å²) in [7, 11) is 0. The van der Waals surface area contributed by atoms with E-state index in [9.17, 15) is 10.4 Å². The molecule has 6 atom stereocenters. The van der Waals surface area contributed by atoms with Gasteiger partial charge in [0.2, 0.25) is 0 Å². The quantitative estimate of drug-likeness (QED) is 0.144. The monoisotopic (exact) mass is 714 g/mol. The van der Waals surface area contributed by atoms with Crippen LogP contribution < -0.4 is 5.32 Å². The maximum Gasteiger partial charge on any atom is 0.0862 e. The van der Waals surface area contributed by atoms with Crippen molar-refractivity contribution in [3.63, 3.8) is 0 Å². The molecule has 1 aliphatic carbocycles. The summed E-state index contributed by atoms with van der Waals surface area (Å²) in [4.78, 5) is 0. The highest BCUT2D eigenvalue weighted by Crippen LogP contribution is 2.44. The van der Waals surface area contributed by atoms with Gasteiger partial charge in [-0.3, -0.25) is 0 Å². The summed E-state index contributed by atoms with van der Waals surface area (Å²) in [6.07, 6.45) is 5.35. The highest BCUT2D eigenvalue weighted by atomic mass is 16.6. The third-order valence-electron chi connectivity index (χ3n) is 12.5. The first-order chi connectivity index (χ1) is 23.1. The van der Waals surface area contributed by atoms with Crippen molar-refractivity contribution < 1.29 is 38.8 Å². The van der Waals surface area contributed by atoms with Crippen LogP contribution in [0.15, 0.2) is 0 Å². The maximum atomic E-state index is 10.7. The molecule has 3 heterocycles. The first-order valence-electron chi connectivity index (χ1n) is 19.4. The highest BCUT2D eigenvalue weighted by molar-refractivity contribution is 5.04. The van der Waals surface area contributed by atoms with Crippen LogP contribution in [-0.4, -0.2) is 132 Å². The second-order valence-electron chi connectivity index (χ2n) is 19.3. The minimum absolute atomic E-state index is 0.0300. The summed E-state index contributed by atoms with van der Waals surface area (Å²) in [5.41, 5.74) is -1.01. The van der Waals surface area contributed by atoms with E-state index in [2.05, 4.69) is 88.4 Å². The Kier molecular flexibility index (Phi) is 14.0. The van der Waals surface area contributed by atoms with Gasteiger partial charge in [-0.15, -0.1) is 0 Å². The van der Waals surface area contributed by atoms with E-state index in [0.29, 0.717) is 58.8 Å². The molecule has 1 saturated carbocycles. The molecule has 3 N–H and O–H groups in total. The topological polar surface area (TPSA) is 114 Å². The number of nitrogens with one attached hydrogen (secondary N) is 1. The molecular weight excluding hydrogens is 638 g/mol. The van der Waals surface area contributed by atoms with Crippen molar-refractivity contribution in [1.29, 1.82) is 0 Å². The van der Waals surface area contributed by atoms with Gasteiger partial charge < -0.3 is 44.2 Å². The van der Waals surface area contributed by atoms with E-state index in [4.69, 9.17) is 28.4 Å². The minimum atomic E-state index is -0.334. The van der Waals surface area contributed by atoms with Gasteiger partial charge in [0.25, 0.3) is 0 Å². The molecule has 11 nitrogen and oxygen atoms in total. The molecule has 4 fully saturated rings. The van der Waals surface area contributed by atoms with Crippen LogP contribution >= 0.6 is 0 Å². The average molecular weight is 714 g/mol. The minimum Gasteiger partial charge on any atom is -0.379 e. The van der Waals surface area contributed by atoms with E-state index in [1.165, 1.54) is 10.1 Å². The summed E-state index contributed by atoms with van der Waals surface area (Å²) in [6.45, 7) is 30.7. The third-order valence-corrected chi connectivity index (χ3v) is 12.5. The molecule has 0 radical (unpaired) electrons. The van der Waals surface area contributed by atoms with Crippen molar-refractivity contribution in [3.8, 4) is 0 Å². The SMILES string of the molecule is CC1(C)CC(COCCOC2CC(OCCOCC3CC(C)(C)N(O)C3(C)C)CCC2OCCOCC2CC(C)(C)N(O)C2(C)C)C(C)(C)N1. The van der Waals surface area contributed by atoms with Crippen LogP contribution in [-0.2, 0) is 28.4 Å². The summed E-state index contributed by atoms with van der Waals surface area (Å²) >= 11 is 0. The van der Waals surface area contributed by atoms with Crippen molar-refractivity contribution in [2.45, 2.75) is 173 Å². The molecule has 0 amide bonds. The average Bonchev–Trinajstić information content (AvgIpc) is 3.40. The second kappa shape index (κ2) is 16.5. The van der Waals surface area contributed by atoms with E-state index < -0.39 is 0 Å². The fraction of sp³-hybridized carbons (Fsp3) is 1.00. The second-order valence-corrected chi connectivity index (χ2v) is 19.3. The smallest absolute Gasteiger partial charge is 0.0862 e. The van der Waals surface area contributed by atoms with Crippen LogP contribution in [0, 0.1) is 17.8 Å². The Morgan fingerprint density at radius 1 is 0.540 bits per heavy atom. The fourth-order valence-corrected chi connectivity index (χ4v) is 9.52. The van der Waals surface area contributed by atoms with Crippen molar-refractivity contribution >= 4 is 0 Å². The van der Waals surface area contributed by atoms with Gasteiger partial charge in [0.15, 0.2) is 0 Å². The van der Waals surface area contributed by atoms with Crippen LogP contribution in [0.5, 0.6) is 0 Å². The van der Waals surface area contributed by atoms with Gasteiger partial charge in [-0.05, 0) is 115 Å². The van der Waals surface area contributed by atoms with Crippen LogP contribution in [0.3, 0.4) is 0 Å². The summed E-state index contributed by atoms with van der Waals surface area (Å²) in [5.74, 6) is 0.952. The lowest BCUT2D eigenvalue weighted by Crippen LogP contribution is -2.47. The summed E-state index contributed by atoms with van der Waals surface area (Å²) in [6, 6.07) is 0.